The molecule has 3 rings (SSSR count). The van der Waals surface area contributed by atoms with Gasteiger partial charge in [-0.2, -0.15) is 5.10 Å². The Bertz CT molecular complexity index is 509. The maximum absolute atomic E-state index is 12.1. The molecule has 128 valence electrons. The fraction of sp³-hybridized carbons (Fsp3) is 0.765. The zero-order valence-electron chi connectivity index (χ0n) is 14.3. The van der Waals surface area contributed by atoms with Crippen LogP contribution in [0.15, 0.2) is 6.07 Å². The summed E-state index contributed by atoms with van der Waals surface area (Å²) in [5, 5.41) is 7.27. The van der Waals surface area contributed by atoms with Crippen molar-refractivity contribution >= 4 is 5.91 Å². The maximum atomic E-state index is 12.1. The number of aromatic nitrogens is 2. The topological polar surface area (TPSA) is 59.4 Å². The van der Waals surface area contributed by atoms with Crippen LogP contribution in [0.4, 0.5) is 0 Å². The van der Waals surface area contributed by atoms with Crippen LogP contribution in [0, 0.1) is 18.8 Å². The lowest BCUT2D eigenvalue weighted by Crippen LogP contribution is -2.40. The molecule has 2 saturated heterocycles. The van der Waals surface area contributed by atoms with Crippen LogP contribution in [0.1, 0.15) is 35.4 Å². The molecular formula is C17H28N4O2. The molecule has 1 atom stereocenters. The van der Waals surface area contributed by atoms with Crippen molar-refractivity contribution in [1.82, 2.24) is 20.0 Å². The Morgan fingerprint density at radius 3 is 2.74 bits per heavy atom. The Labute approximate surface area is 138 Å². The summed E-state index contributed by atoms with van der Waals surface area (Å²) in [7, 11) is 1.86. The molecule has 0 radical (unpaired) electrons. The van der Waals surface area contributed by atoms with Gasteiger partial charge < -0.3 is 15.0 Å². The first-order chi connectivity index (χ1) is 11.1. The van der Waals surface area contributed by atoms with E-state index in [-0.39, 0.29) is 5.91 Å². The number of rotatable bonds is 5. The first kappa shape index (κ1) is 16.5. The van der Waals surface area contributed by atoms with Crippen molar-refractivity contribution in [3.8, 4) is 0 Å². The predicted octanol–water partition coefficient (Wildman–Crippen LogP) is 1.21. The highest BCUT2D eigenvalue weighted by atomic mass is 16.5. The van der Waals surface area contributed by atoms with Gasteiger partial charge in [-0.05, 0) is 57.2 Å². The van der Waals surface area contributed by atoms with E-state index in [0.717, 1.165) is 57.3 Å². The molecule has 1 aromatic rings. The molecule has 23 heavy (non-hydrogen) atoms. The molecular weight excluding hydrogens is 292 g/mol. The van der Waals surface area contributed by atoms with Crippen molar-refractivity contribution in [2.75, 3.05) is 39.4 Å². The number of hydrogen-bond acceptors (Lipinski definition) is 4. The molecule has 6 nitrogen and oxygen atoms in total. The van der Waals surface area contributed by atoms with Gasteiger partial charge in [0, 0.05) is 32.4 Å². The van der Waals surface area contributed by atoms with Crippen LogP contribution in [-0.4, -0.2) is 60.0 Å². The average molecular weight is 320 g/mol. The van der Waals surface area contributed by atoms with Crippen LogP contribution < -0.4 is 5.32 Å². The minimum absolute atomic E-state index is 0.0563. The Morgan fingerprint density at radius 2 is 2.13 bits per heavy atom. The van der Waals surface area contributed by atoms with Crippen LogP contribution in [0.5, 0.6) is 0 Å². The first-order valence-corrected chi connectivity index (χ1v) is 8.70. The third kappa shape index (κ3) is 4.32. The van der Waals surface area contributed by atoms with Crippen molar-refractivity contribution in [3.05, 3.63) is 17.5 Å². The maximum Gasteiger partial charge on any atom is 0.271 e. The van der Waals surface area contributed by atoms with Crippen molar-refractivity contribution in [3.63, 3.8) is 0 Å². The molecule has 3 heterocycles. The highest BCUT2D eigenvalue weighted by molar-refractivity contribution is 5.92. The molecule has 2 fully saturated rings. The Balaban J connectivity index is 1.37. The van der Waals surface area contributed by atoms with Gasteiger partial charge in [-0.1, -0.05) is 0 Å². The van der Waals surface area contributed by atoms with Crippen molar-refractivity contribution in [2.45, 2.75) is 26.2 Å². The summed E-state index contributed by atoms with van der Waals surface area (Å²) >= 11 is 0. The van der Waals surface area contributed by atoms with Gasteiger partial charge in [-0.15, -0.1) is 0 Å². The smallest absolute Gasteiger partial charge is 0.271 e. The minimum Gasteiger partial charge on any atom is -0.381 e. The van der Waals surface area contributed by atoms with E-state index in [9.17, 15) is 4.79 Å². The number of hydrogen-bond donors (Lipinski definition) is 1. The summed E-state index contributed by atoms with van der Waals surface area (Å²) in [6.07, 6.45) is 3.53. The lowest BCUT2D eigenvalue weighted by molar-refractivity contribution is 0.0926. The normalized spacial score (nSPS) is 23.3. The molecule has 0 bridgehead atoms. The van der Waals surface area contributed by atoms with E-state index >= 15 is 0 Å². The van der Waals surface area contributed by atoms with Crippen LogP contribution >= 0.6 is 0 Å². The van der Waals surface area contributed by atoms with Gasteiger partial charge in [-0.25, -0.2) is 0 Å². The van der Waals surface area contributed by atoms with Crippen LogP contribution in [-0.2, 0) is 11.8 Å². The van der Waals surface area contributed by atoms with Gasteiger partial charge in [0.25, 0.3) is 5.91 Å². The van der Waals surface area contributed by atoms with E-state index in [1.165, 1.54) is 13.0 Å². The number of piperidine rings is 1. The lowest BCUT2D eigenvalue weighted by atomic mass is 9.95. The molecule has 6 heteroatoms. The summed E-state index contributed by atoms with van der Waals surface area (Å²) in [6, 6.07) is 1.83. The zero-order valence-corrected chi connectivity index (χ0v) is 14.3. The number of carbonyl (C=O) groups excluding carboxylic acids is 1. The number of nitrogens with one attached hydrogen (secondary N) is 1. The van der Waals surface area contributed by atoms with Crippen molar-refractivity contribution in [2.24, 2.45) is 18.9 Å². The average Bonchev–Trinajstić information content (AvgIpc) is 3.17. The highest BCUT2D eigenvalue weighted by Crippen LogP contribution is 2.20. The van der Waals surface area contributed by atoms with Gasteiger partial charge in [0.2, 0.25) is 0 Å². The first-order valence-electron chi connectivity index (χ1n) is 8.70. The summed E-state index contributed by atoms with van der Waals surface area (Å²) < 4.78 is 7.19. The van der Waals surface area contributed by atoms with Gasteiger partial charge in [0.1, 0.15) is 5.69 Å². The molecule has 2 aliphatic rings. The van der Waals surface area contributed by atoms with Gasteiger partial charge >= 0.3 is 0 Å². The molecule has 0 spiro atoms. The number of aryl methyl sites for hydroxylation is 2. The Kier molecular flexibility index (Phi) is 5.33. The lowest BCUT2D eigenvalue weighted by Gasteiger charge is -2.33. The summed E-state index contributed by atoms with van der Waals surface area (Å²) in [5.74, 6) is 1.25. The van der Waals surface area contributed by atoms with Gasteiger partial charge in [0.15, 0.2) is 0 Å². The van der Waals surface area contributed by atoms with Crippen LogP contribution in [0.25, 0.3) is 0 Å². The van der Waals surface area contributed by atoms with E-state index in [0.29, 0.717) is 11.6 Å². The standard InChI is InChI=1S/C17H28N4O2/c1-13-9-16(19-20(13)2)17(22)18-10-14-3-6-21(7-4-14)11-15-5-8-23-12-15/h9,14-15H,3-8,10-12H2,1-2H3,(H,18,22). The van der Waals surface area contributed by atoms with Crippen LogP contribution in [0.2, 0.25) is 0 Å². The fourth-order valence-electron chi connectivity index (χ4n) is 3.46. The third-order valence-electron chi connectivity index (χ3n) is 5.15. The largest absolute Gasteiger partial charge is 0.381 e. The number of amides is 1. The van der Waals surface area contributed by atoms with E-state index in [2.05, 4.69) is 15.3 Å². The summed E-state index contributed by atoms with van der Waals surface area (Å²) in [5.41, 5.74) is 1.52. The number of carbonyl (C=O) groups is 1. The second-order valence-corrected chi connectivity index (χ2v) is 6.98. The monoisotopic (exact) mass is 320 g/mol. The number of ether oxygens (including phenoxy) is 1. The quantitative estimate of drug-likeness (QED) is 0.886. The molecule has 1 amide bonds. The van der Waals surface area contributed by atoms with Gasteiger partial charge in [-0.3, -0.25) is 9.48 Å². The second-order valence-electron chi connectivity index (χ2n) is 6.98. The van der Waals surface area contributed by atoms with E-state index in [1.807, 2.05) is 20.0 Å². The fourth-order valence-corrected chi connectivity index (χ4v) is 3.46. The minimum atomic E-state index is -0.0563. The number of nitrogens with zero attached hydrogens (tertiary/aromatic N) is 3. The third-order valence-corrected chi connectivity index (χ3v) is 5.15. The van der Waals surface area contributed by atoms with E-state index in [4.69, 9.17) is 4.74 Å². The second kappa shape index (κ2) is 7.45. The van der Waals surface area contributed by atoms with E-state index < -0.39 is 0 Å². The molecule has 0 saturated carbocycles. The van der Waals surface area contributed by atoms with Crippen molar-refractivity contribution in [1.29, 1.82) is 0 Å². The molecule has 1 N–H and O–H groups in total. The summed E-state index contributed by atoms with van der Waals surface area (Å²) in [4.78, 5) is 14.7. The molecule has 1 unspecified atom stereocenters. The number of likely N-dealkylation sites (tertiary alicyclic amines) is 1. The molecule has 0 aliphatic carbocycles. The highest BCUT2D eigenvalue weighted by Gasteiger charge is 2.24. The molecule has 1 aromatic heterocycles. The molecule has 2 aliphatic heterocycles. The van der Waals surface area contributed by atoms with Gasteiger partial charge in [0.05, 0.1) is 6.61 Å². The van der Waals surface area contributed by atoms with Crippen LogP contribution in [0.3, 0.4) is 0 Å². The SMILES string of the molecule is Cc1cc(C(=O)NCC2CCN(CC3CCOC3)CC2)nn1C. The zero-order chi connectivity index (χ0) is 16.2. The Hall–Kier alpha value is -1.40. The van der Waals surface area contributed by atoms with Crippen molar-refractivity contribution < 1.29 is 9.53 Å². The van der Waals surface area contributed by atoms with E-state index in [1.54, 1.807) is 4.68 Å². The Morgan fingerprint density at radius 1 is 1.35 bits per heavy atom. The summed E-state index contributed by atoms with van der Waals surface area (Å²) in [6.45, 7) is 8.02. The molecule has 0 aromatic carbocycles. The predicted molar refractivity (Wildman–Crippen MR) is 88.4 cm³/mol.